The molecule has 0 saturated heterocycles. The Bertz CT molecular complexity index is 3480. The first kappa shape index (κ1) is 31.2. The molecule has 9 aromatic carbocycles. The van der Waals surface area contributed by atoms with Crippen LogP contribution in [-0.4, -0.2) is 4.57 Å². The first-order valence-electron chi connectivity index (χ1n) is 19.0. The maximum Gasteiger partial charge on any atom is 0.138 e. The van der Waals surface area contributed by atoms with E-state index >= 15 is 0 Å². The van der Waals surface area contributed by atoms with Crippen LogP contribution in [0.15, 0.2) is 199 Å². The highest BCUT2D eigenvalue weighted by molar-refractivity contribution is 7.25. The molecule has 0 atom stereocenters. The van der Waals surface area contributed by atoms with Gasteiger partial charge in [0.25, 0.3) is 0 Å². The van der Waals surface area contributed by atoms with Gasteiger partial charge in [-0.05, 0) is 65.5 Å². The lowest BCUT2D eigenvalue weighted by Crippen LogP contribution is -2.11. The Balaban J connectivity index is 1.28. The van der Waals surface area contributed by atoms with Gasteiger partial charge in [-0.3, -0.25) is 0 Å². The summed E-state index contributed by atoms with van der Waals surface area (Å²) in [6.07, 6.45) is 0. The third-order valence-corrected chi connectivity index (χ3v) is 12.5. The number of fused-ring (bicyclic) bond motifs is 10. The number of anilines is 3. The Morgan fingerprint density at radius 3 is 2.00 bits per heavy atom. The first-order chi connectivity index (χ1) is 27.8. The van der Waals surface area contributed by atoms with E-state index in [2.05, 4.69) is 204 Å². The fourth-order valence-electron chi connectivity index (χ4n) is 9.00. The van der Waals surface area contributed by atoms with Gasteiger partial charge in [0.05, 0.1) is 22.4 Å². The summed E-state index contributed by atoms with van der Waals surface area (Å²) in [7, 11) is 0. The minimum Gasteiger partial charge on any atom is -0.456 e. The molecule has 0 aliphatic rings. The van der Waals surface area contributed by atoms with Gasteiger partial charge in [-0.2, -0.15) is 0 Å². The number of benzene rings is 9. The van der Waals surface area contributed by atoms with Crippen molar-refractivity contribution < 1.29 is 4.42 Å². The Morgan fingerprint density at radius 2 is 1.12 bits per heavy atom. The van der Waals surface area contributed by atoms with Crippen molar-refractivity contribution >= 4 is 103 Å². The van der Waals surface area contributed by atoms with Crippen molar-refractivity contribution in [1.82, 2.24) is 4.57 Å². The van der Waals surface area contributed by atoms with Gasteiger partial charge in [-0.1, -0.05) is 133 Å². The highest BCUT2D eigenvalue weighted by Crippen LogP contribution is 2.50. The number of hydrogen-bond donors (Lipinski definition) is 0. The second-order valence-electron chi connectivity index (χ2n) is 14.4. The van der Waals surface area contributed by atoms with Crippen molar-refractivity contribution in [1.29, 1.82) is 0 Å². The van der Waals surface area contributed by atoms with Crippen LogP contribution in [0.1, 0.15) is 0 Å². The summed E-state index contributed by atoms with van der Waals surface area (Å²) < 4.78 is 11.8. The van der Waals surface area contributed by atoms with Crippen LogP contribution in [0.5, 0.6) is 0 Å². The molecule has 0 radical (unpaired) electrons. The minimum absolute atomic E-state index is 0.873. The quantitative estimate of drug-likeness (QED) is 0.176. The molecule has 12 rings (SSSR count). The molecule has 3 nitrogen and oxygen atoms in total. The monoisotopic (exact) mass is 732 g/mol. The highest BCUT2D eigenvalue weighted by atomic mass is 32.1. The molecule has 0 aliphatic heterocycles. The zero-order valence-corrected chi connectivity index (χ0v) is 31.0. The molecule has 0 bridgehead atoms. The molecule has 4 heteroatoms. The van der Waals surface area contributed by atoms with Crippen LogP contribution in [0.2, 0.25) is 0 Å². The van der Waals surface area contributed by atoms with Gasteiger partial charge in [0.1, 0.15) is 11.2 Å². The molecule has 0 spiro atoms. The van der Waals surface area contributed by atoms with Crippen LogP contribution in [0.3, 0.4) is 0 Å². The van der Waals surface area contributed by atoms with E-state index in [9.17, 15) is 0 Å². The number of hydrogen-bond acceptors (Lipinski definition) is 3. The lowest BCUT2D eigenvalue weighted by atomic mass is 9.94. The Labute approximate surface area is 326 Å². The van der Waals surface area contributed by atoms with Crippen LogP contribution >= 0.6 is 11.3 Å². The van der Waals surface area contributed by atoms with E-state index in [1.807, 2.05) is 11.3 Å². The Hall–Kier alpha value is -7.14. The van der Waals surface area contributed by atoms with E-state index in [0.29, 0.717) is 0 Å². The fourth-order valence-corrected chi connectivity index (χ4v) is 10.1. The smallest absolute Gasteiger partial charge is 0.138 e. The molecule has 3 aromatic heterocycles. The van der Waals surface area contributed by atoms with Gasteiger partial charge in [-0.25, -0.2) is 0 Å². The normalized spacial score (nSPS) is 11.9. The first-order valence-corrected chi connectivity index (χ1v) is 19.8. The topological polar surface area (TPSA) is 21.3 Å². The molecule has 12 aromatic rings. The molecule has 3 heterocycles. The SMILES string of the molecule is c1ccc(-c2c3c(cc4c2c2cccc(N(c5ccccc5)c5ccc6sc7ccccc7c6c5)c2n4-c2cccc4ccccc24)oc2ccccc23)cc1. The average molecular weight is 733 g/mol. The number of nitrogens with zero attached hydrogens (tertiary/aromatic N) is 2. The second-order valence-corrected chi connectivity index (χ2v) is 15.5. The predicted octanol–water partition coefficient (Wildman–Crippen LogP) is 15.3. The van der Waals surface area contributed by atoms with E-state index in [4.69, 9.17) is 4.42 Å². The van der Waals surface area contributed by atoms with Crippen molar-refractivity contribution in [2.75, 3.05) is 4.90 Å². The highest BCUT2D eigenvalue weighted by Gasteiger charge is 2.27. The van der Waals surface area contributed by atoms with Crippen molar-refractivity contribution in [3.05, 3.63) is 194 Å². The van der Waals surface area contributed by atoms with Gasteiger partial charge in [0.15, 0.2) is 0 Å². The summed E-state index contributed by atoms with van der Waals surface area (Å²) in [5, 5.41) is 9.57. The van der Waals surface area contributed by atoms with Crippen molar-refractivity contribution in [2.24, 2.45) is 0 Å². The lowest BCUT2D eigenvalue weighted by molar-refractivity contribution is 0.669. The number of furan rings is 1. The van der Waals surface area contributed by atoms with Gasteiger partial charge < -0.3 is 13.9 Å². The molecule has 0 saturated carbocycles. The summed E-state index contributed by atoms with van der Waals surface area (Å²) >= 11 is 1.85. The predicted molar refractivity (Wildman–Crippen MR) is 239 cm³/mol. The second kappa shape index (κ2) is 12.2. The van der Waals surface area contributed by atoms with Crippen LogP contribution in [-0.2, 0) is 0 Å². The Kier molecular flexibility index (Phi) is 6.80. The Morgan fingerprint density at radius 1 is 0.446 bits per heavy atom. The van der Waals surface area contributed by atoms with Gasteiger partial charge in [0.2, 0.25) is 0 Å². The zero-order chi connectivity index (χ0) is 36.7. The number of thiophene rings is 1. The van der Waals surface area contributed by atoms with Crippen molar-refractivity contribution in [2.45, 2.75) is 0 Å². The maximum atomic E-state index is 6.76. The van der Waals surface area contributed by atoms with Gasteiger partial charge in [-0.15, -0.1) is 11.3 Å². The van der Waals surface area contributed by atoms with Crippen LogP contribution in [0.4, 0.5) is 17.1 Å². The van der Waals surface area contributed by atoms with E-state index < -0.39 is 0 Å². The summed E-state index contributed by atoms with van der Waals surface area (Å²) in [6.45, 7) is 0. The zero-order valence-electron chi connectivity index (χ0n) is 30.2. The van der Waals surface area contributed by atoms with E-state index in [0.717, 1.165) is 61.3 Å². The molecule has 0 fully saturated rings. The summed E-state index contributed by atoms with van der Waals surface area (Å²) in [6, 6.07) is 70.2. The molecule has 56 heavy (non-hydrogen) atoms. The number of para-hydroxylation sites is 3. The molecule has 0 aliphatic carbocycles. The molecule has 262 valence electrons. The fraction of sp³-hybridized carbons (Fsp3) is 0. The van der Waals surface area contributed by atoms with Crippen LogP contribution in [0, 0.1) is 0 Å². The average Bonchev–Trinajstić information content (AvgIpc) is 3.93. The minimum atomic E-state index is 0.873. The van der Waals surface area contributed by atoms with Crippen molar-refractivity contribution in [3.8, 4) is 16.8 Å². The molecule has 0 amide bonds. The largest absolute Gasteiger partial charge is 0.456 e. The molecular weight excluding hydrogens is 701 g/mol. The standard InChI is InChI=1S/C52H32N2OS/c1-3-16-34(17-4-1)49-50-40-24-14-26-43(53(35-19-5-2-6-20-35)36-29-30-48-41(31-36)38-22-10-12-28-47(38)56-48)52(40)54(42-25-13-18-33-15-7-8-21-37(33)42)44(50)32-46-51(49)39-23-9-11-27-45(39)55-46/h1-32H. The van der Waals surface area contributed by atoms with Crippen LogP contribution < -0.4 is 4.90 Å². The van der Waals surface area contributed by atoms with Crippen molar-refractivity contribution in [3.63, 3.8) is 0 Å². The summed E-state index contributed by atoms with van der Waals surface area (Å²) in [5.41, 5.74) is 10.8. The summed E-state index contributed by atoms with van der Waals surface area (Å²) in [5.74, 6) is 0. The van der Waals surface area contributed by atoms with E-state index in [1.165, 1.54) is 47.3 Å². The van der Waals surface area contributed by atoms with Crippen LogP contribution in [0.25, 0.3) is 91.5 Å². The maximum absolute atomic E-state index is 6.76. The van der Waals surface area contributed by atoms with Gasteiger partial charge in [0, 0.05) is 70.1 Å². The number of aromatic nitrogens is 1. The van der Waals surface area contributed by atoms with E-state index in [-0.39, 0.29) is 0 Å². The van der Waals surface area contributed by atoms with Gasteiger partial charge >= 0.3 is 0 Å². The molecule has 0 N–H and O–H groups in total. The third kappa shape index (κ3) is 4.57. The third-order valence-electron chi connectivity index (χ3n) is 11.3. The summed E-state index contributed by atoms with van der Waals surface area (Å²) in [4.78, 5) is 2.44. The number of rotatable bonds is 5. The molecule has 0 unspecified atom stereocenters. The molecular formula is C52H32N2OS. The van der Waals surface area contributed by atoms with E-state index in [1.54, 1.807) is 0 Å². The lowest BCUT2D eigenvalue weighted by Gasteiger charge is -2.27.